The van der Waals surface area contributed by atoms with E-state index in [2.05, 4.69) is 11.9 Å². The van der Waals surface area contributed by atoms with Gasteiger partial charge in [-0.1, -0.05) is 13.3 Å². The van der Waals surface area contributed by atoms with Crippen molar-refractivity contribution >= 4 is 10.0 Å². The Morgan fingerprint density at radius 2 is 2.10 bits per heavy atom. The molecule has 21 heavy (non-hydrogen) atoms. The molecule has 2 rings (SSSR count). The highest BCUT2D eigenvalue weighted by Gasteiger charge is 2.43. The average Bonchev–Trinajstić information content (AvgIpc) is 2.94. The van der Waals surface area contributed by atoms with Gasteiger partial charge in [-0.15, -0.1) is 0 Å². The highest BCUT2D eigenvalue weighted by molar-refractivity contribution is 7.89. The molecule has 1 aromatic heterocycles. The number of nitrogens with two attached hydrogens (primary N) is 1. The van der Waals surface area contributed by atoms with E-state index in [0.29, 0.717) is 12.5 Å². The van der Waals surface area contributed by atoms with Crippen LogP contribution in [0.5, 0.6) is 0 Å². The third-order valence-electron chi connectivity index (χ3n) is 4.97. The molecule has 1 heterocycles. The third-order valence-corrected chi connectivity index (χ3v) is 6.81. The van der Waals surface area contributed by atoms with Gasteiger partial charge < -0.3 is 10.3 Å². The van der Waals surface area contributed by atoms with Crippen molar-refractivity contribution in [1.29, 1.82) is 0 Å². The molecule has 0 atom stereocenters. The Balaban J connectivity index is 2.26. The van der Waals surface area contributed by atoms with Gasteiger partial charge >= 0.3 is 0 Å². The van der Waals surface area contributed by atoms with E-state index in [0.717, 1.165) is 32.1 Å². The minimum Gasteiger partial charge on any atom is -0.339 e. The molecule has 0 aromatic carbocycles. The molecule has 2 N–H and O–H groups in total. The molecule has 0 radical (unpaired) electrons. The molecule has 1 aromatic rings. The van der Waals surface area contributed by atoms with E-state index in [-0.39, 0.29) is 5.03 Å². The highest BCUT2D eigenvalue weighted by Crippen LogP contribution is 2.38. The van der Waals surface area contributed by atoms with Crippen molar-refractivity contribution in [3.8, 4) is 0 Å². The molecule has 6 nitrogen and oxygen atoms in total. The smallest absolute Gasteiger partial charge is 0.262 e. The number of aromatic nitrogens is 2. The number of hydrogen-bond donors (Lipinski definition) is 1. The Morgan fingerprint density at radius 1 is 1.48 bits per heavy atom. The number of sulfonamides is 1. The van der Waals surface area contributed by atoms with Gasteiger partial charge in [0.15, 0.2) is 5.03 Å². The fraction of sp³-hybridized carbons (Fsp3) is 0.786. The van der Waals surface area contributed by atoms with E-state index < -0.39 is 15.6 Å². The van der Waals surface area contributed by atoms with Gasteiger partial charge in [0.05, 0.1) is 6.33 Å². The van der Waals surface area contributed by atoms with Crippen molar-refractivity contribution in [2.24, 2.45) is 18.7 Å². The van der Waals surface area contributed by atoms with Gasteiger partial charge in [-0.2, -0.15) is 4.31 Å². The molecular formula is C14H26N4O2S. The number of likely N-dealkylation sites (N-methyl/N-ethyl adjacent to an activating group) is 1. The highest BCUT2D eigenvalue weighted by atomic mass is 32.2. The average molecular weight is 314 g/mol. The molecule has 0 amide bonds. The molecule has 1 saturated carbocycles. The molecule has 7 heteroatoms. The first-order chi connectivity index (χ1) is 9.85. The fourth-order valence-electron chi connectivity index (χ4n) is 3.19. The molecule has 120 valence electrons. The van der Waals surface area contributed by atoms with Gasteiger partial charge in [-0.25, -0.2) is 13.4 Å². The molecule has 0 unspecified atom stereocenters. The fourth-order valence-corrected chi connectivity index (χ4v) is 4.72. The lowest BCUT2D eigenvalue weighted by atomic mass is 9.75. The Kier molecular flexibility index (Phi) is 4.75. The van der Waals surface area contributed by atoms with E-state index >= 15 is 0 Å². The number of nitrogens with zero attached hydrogens (tertiary/aromatic N) is 3. The van der Waals surface area contributed by atoms with Crippen molar-refractivity contribution in [1.82, 2.24) is 13.9 Å². The zero-order valence-electron chi connectivity index (χ0n) is 13.1. The lowest BCUT2D eigenvalue weighted by molar-refractivity contribution is 0.128. The second-order valence-corrected chi connectivity index (χ2v) is 8.05. The Hall–Kier alpha value is -0.920. The van der Waals surface area contributed by atoms with Gasteiger partial charge in [0, 0.05) is 32.4 Å². The van der Waals surface area contributed by atoms with Crippen LogP contribution in [0.25, 0.3) is 0 Å². The Morgan fingerprint density at radius 3 is 2.52 bits per heavy atom. The van der Waals surface area contributed by atoms with Crippen LogP contribution in [0, 0.1) is 5.92 Å². The number of imidazole rings is 1. The maximum absolute atomic E-state index is 12.8. The van der Waals surface area contributed by atoms with Crippen LogP contribution in [0.15, 0.2) is 17.6 Å². The predicted molar refractivity (Wildman–Crippen MR) is 82.2 cm³/mol. The topological polar surface area (TPSA) is 81.2 Å². The van der Waals surface area contributed by atoms with Crippen molar-refractivity contribution in [2.75, 3.05) is 13.6 Å². The lowest BCUT2D eigenvalue weighted by Crippen LogP contribution is -2.56. The van der Waals surface area contributed by atoms with Gasteiger partial charge in [-0.3, -0.25) is 0 Å². The Bertz CT molecular complexity index is 574. The SMILES string of the molecule is CCC1CCC(CN)(N(C)S(=O)(=O)c2cn(C)cn2)CC1. The largest absolute Gasteiger partial charge is 0.339 e. The molecule has 1 fully saturated rings. The van der Waals surface area contributed by atoms with Crippen LogP contribution < -0.4 is 5.73 Å². The van der Waals surface area contributed by atoms with E-state index in [1.807, 2.05) is 0 Å². The maximum atomic E-state index is 12.8. The van der Waals surface area contributed by atoms with Crippen molar-refractivity contribution in [2.45, 2.75) is 49.6 Å². The third kappa shape index (κ3) is 3.00. The van der Waals surface area contributed by atoms with Gasteiger partial charge in [0.25, 0.3) is 10.0 Å². The first-order valence-electron chi connectivity index (χ1n) is 7.53. The van der Waals surface area contributed by atoms with Crippen LogP contribution >= 0.6 is 0 Å². The second-order valence-electron chi connectivity index (χ2n) is 6.13. The summed E-state index contributed by atoms with van der Waals surface area (Å²) in [6.07, 6.45) is 7.91. The summed E-state index contributed by atoms with van der Waals surface area (Å²) in [7, 11) is -0.188. The molecule has 0 bridgehead atoms. The molecule has 1 aliphatic carbocycles. The Labute approximate surface area is 127 Å². The number of aryl methyl sites for hydroxylation is 1. The van der Waals surface area contributed by atoms with Crippen LogP contribution in [0.3, 0.4) is 0 Å². The maximum Gasteiger partial charge on any atom is 0.262 e. The quantitative estimate of drug-likeness (QED) is 0.889. The standard InChI is InChI=1S/C14H26N4O2S/c1-4-12-5-7-14(10-15,8-6-12)18(3)21(19,20)13-9-17(2)11-16-13/h9,11-12H,4-8,10,15H2,1-3H3. The summed E-state index contributed by atoms with van der Waals surface area (Å²) in [5, 5.41) is 0.0953. The van der Waals surface area contributed by atoms with Crippen LogP contribution in [-0.2, 0) is 17.1 Å². The van der Waals surface area contributed by atoms with Crippen molar-refractivity contribution in [3.05, 3.63) is 12.5 Å². The second kappa shape index (κ2) is 6.06. The number of hydrogen-bond acceptors (Lipinski definition) is 4. The summed E-state index contributed by atoms with van der Waals surface area (Å²) in [6, 6.07) is 0. The molecular weight excluding hydrogens is 288 g/mol. The molecule has 0 saturated heterocycles. The molecule has 1 aliphatic rings. The van der Waals surface area contributed by atoms with E-state index in [1.54, 1.807) is 18.7 Å². The summed E-state index contributed by atoms with van der Waals surface area (Å²) in [4.78, 5) is 3.99. The van der Waals surface area contributed by atoms with E-state index in [4.69, 9.17) is 5.73 Å². The summed E-state index contributed by atoms with van der Waals surface area (Å²) in [5.41, 5.74) is 5.50. The summed E-state index contributed by atoms with van der Waals surface area (Å²) >= 11 is 0. The number of rotatable bonds is 5. The molecule has 0 spiro atoms. The van der Waals surface area contributed by atoms with Crippen LogP contribution in [-0.4, -0.2) is 41.4 Å². The normalized spacial score (nSPS) is 27.2. The predicted octanol–water partition coefficient (Wildman–Crippen LogP) is 1.34. The first kappa shape index (κ1) is 16.5. The van der Waals surface area contributed by atoms with E-state index in [1.165, 1.54) is 16.8 Å². The minimum absolute atomic E-state index is 0.0953. The first-order valence-corrected chi connectivity index (χ1v) is 8.97. The minimum atomic E-state index is -3.59. The van der Waals surface area contributed by atoms with Gasteiger partial charge in [0.2, 0.25) is 0 Å². The molecule has 0 aliphatic heterocycles. The summed E-state index contributed by atoms with van der Waals surface area (Å²) in [5.74, 6) is 0.690. The van der Waals surface area contributed by atoms with Gasteiger partial charge in [0.1, 0.15) is 0 Å². The summed E-state index contributed by atoms with van der Waals surface area (Å²) < 4.78 is 28.6. The van der Waals surface area contributed by atoms with E-state index in [9.17, 15) is 8.42 Å². The van der Waals surface area contributed by atoms with Crippen molar-refractivity contribution < 1.29 is 8.42 Å². The van der Waals surface area contributed by atoms with Gasteiger partial charge in [-0.05, 0) is 31.6 Å². The van der Waals surface area contributed by atoms with Crippen molar-refractivity contribution in [3.63, 3.8) is 0 Å². The van der Waals surface area contributed by atoms with Crippen LogP contribution in [0.4, 0.5) is 0 Å². The zero-order chi connectivity index (χ0) is 15.7. The monoisotopic (exact) mass is 314 g/mol. The zero-order valence-corrected chi connectivity index (χ0v) is 13.9. The summed E-state index contributed by atoms with van der Waals surface area (Å²) in [6.45, 7) is 2.54. The van der Waals surface area contributed by atoms with Crippen LogP contribution in [0.2, 0.25) is 0 Å². The van der Waals surface area contributed by atoms with Crippen LogP contribution in [0.1, 0.15) is 39.0 Å². The lowest BCUT2D eigenvalue weighted by Gasteiger charge is -2.44.